The van der Waals surface area contributed by atoms with Crippen molar-refractivity contribution in [2.24, 2.45) is 7.05 Å². The fourth-order valence-corrected chi connectivity index (χ4v) is 2.30. The molecule has 0 saturated heterocycles. The van der Waals surface area contributed by atoms with Crippen LogP contribution in [0.25, 0.3) is 0 Å². The summed E-state index contributed by atoms with van der Waals surface area (Å²) in [6, 6.07) is 7.11. The largest absolute Gasteiger partial charge is 0.497 e. The van der Waals surface area contributed by atoms with E-state index in [9.17, 15) is 9.59 Å². The van der Waals surface area contributed by atoms with Crippen molar-refractivity contribution in [1.82, 2.24) is 15.1 Å². The van der Waals surface area contributed by atoms with Crippen molar-refractivity contribution in [1.29, 1.82) is 0 Å². The Hall–Kier alpha value is -2.83. The van der Waals surface area contributed by atoms with Crippen LogP contribution in [0.4, 0.5) is 0 Å². The SMILES string of the molecule is COc1ccc(OCCNC(=O)C(=O)c2c(C)nn(C)c2C)cc1. The molecule has 0 spiro atoms. The van der Waals surface area contributed by atoms with Crippen molar-refractivity contribution >= 4 is 11.7 Å². The fraction of sp³-hybridized carbons (Fsp3) is 0.353. The van der Waals surface area contributed by atoms with Gasteiger partial charge in [-0.1, -0.05) is 0 Å². The molecule has 2 aromatic rings. The zero-order valence-electron chi connectivity index (χ0n) is 14.3. The van der Waals surface area contributed by atoms with Crippen LogP contribution in [0.3, 0.4) is 0 Å². The Morgan fingerprint density at radius 2 is 1.79 bits per heavy atom. The van der Waals surface area contributed by atoms with Gasteiger partial charge >= 0.3 is 0 Å². The van der Waals surface area contributed by atoms with Gasteiger partial charge in [-0.15, -0.1) is 0 Å². The maximum Gasteiger partial charge on any atom is 0.292 e. The predicted octanol–water partition coefficient (Wildman–Crippen LogP) is 1.42. The van der Waals surface area contributed by atoms with Crippen LogP contribution in [-0.4, -0.2) is 41.7 Å². The summed E-state index contributed by atoms with van der Waals surface area (Å²) >= 11 is 0. The molecule has 0 aliphatic carbocycles. The van der Waals surface area contributed by atoms with Gasteiger partial charge in [-0.05, 0) is 38.1 Å². The number of hydrogen-bond donors (Lipinski definition) is 1. The highest BCUT2D eigenvalue weighted by Crippen LogP contribution is 2.16. The molecule has 24 heavy (non-hydrogen) atoms. The van der Waals surface area contributed by atoms with Gasteiger partial charge in [-0.25, -0.2) is 0 Å². The number of aryl methyl sites for hydroxylation is 2. The summed E-state index contributed by atoms with van der Waals surface area (Å²) < 4.78 is 12.1. The number of amides is 1. The summed E-state index contributed by atoms with van der Waals surface area (Å²) in [6.07, 6.45) is 0. The maximum absolute atomic E-state index is 12.2. The van der Waals surface area contributed by atoms with Crippen molar-refractivity contribution in [3.8, 4) is 11.5 Å². The second-order valence-corrected chi connectivity index (χ2v) is 5.28. The Bertz CT molecular complexity index is 735. The first-order valence-corrected chi connectivity index (χ1v) is 7.53. The molecule has 0 radical (unpaired) electrons. The molecule has 0 saturated carbocycles. The maximum atomic E-state index is 12.2. The lowest BCUT2D eigenvalue weighted by Gasteiger charge is -2.08. The summed E-state index contributed by atoms with van der Waals surface area (Å²) in [7, 11) is 3.33. The number of nitrogens with one attached hydrogen (secondary N) is 1. The fourth-order valence-electron chi connectivity index (χ4n) is 2.30. The van der Waals surface area contributed by atoms with E-state index in [0.717, 1.165) is 5.75 Å². The summed E-state index contributed by atoms with van der Waals surface area (Å²) in [6.45, 7) is 3.96. The molecule has 1 aromatic heterocycles. The molecule has 1 heterocycles. The summed E-state index contributed by atoms with van der Waals surface area (Å²) in [5, 5.41) is 6.71. The van der Waals surface area contributed by atoms with E-state index in [-0.39, 0.29) is 13.2 Å². The standard InChI is InChI=1S/C17H21N3O4/c1-11-15(12(2)20(3)19-11)16(21)17(22)18-9-10-24-14-7-5-13(23-4)6-8-14/h5-8H,9-10H2,1-4H3,(H,18,22). The smallest absolute Gasteiger partial charge is 0.292 e. The van der Waals surface area contributed by atoms with E-state index in [1.54, 1.807) is 57.0 Å². The van der Waals surface area contributed by atoms with E-state index >= 15 is 0 Å². The van der Waals surface area contributed by atoms with Crippen LogP contribution in [0.15, 0.2) is 24.3 Å². The lowest BCUT2D eigenvalue weighted by molar-refractivity contribution is -0.117. The number of aromatic nitrogens is 2. The lowest BCUT2D eigenvalue weighted by Crippen LogP contribution is -2.34. The summed E-state index contributed by atoms with van der Waals surface area (Å²) in [5.74, 6) is 0.161. The molecule has 0 bridgehead atoms. The minimum Gasteiger partial charge on any atom is -0.497 e. The van der Waals surface area contributed by atoms with Gasteiger partial charge in [-0.2, -0.15) is 5.10 Å². The van der Waals surface area contributed by atoms with Gasteiger partial charge in [0.1, 0.15) is 18.1 Å². The van der Waals surface area contributed by atoms with Gasteiger partial charge in [0.25, 0.3) is 11.7 Å². The van der Waals surface area contributed by atoms with E-state index in [1.165, 1.54) is 0 Å². The Balaban J connectivity index is 1.83. The second kappa shape index (κ2) is 7.63. The first-order valence-electron chi connectivity index (χ1n) is 7.53. The molecule has 0 unspecified atom stereocenters. The number of carbonyl (C=O) groups excluding carboxylic acids is 2. The van der Waals surface area contributed by atoms with Gasteiger partial charge < -0.3 is 14.8 Å². The van der Waals surface area contributed by atoms with Crippen LogP contribution in [0, 0.1) is 13.8 Å². The van der Waals surface area contributed by atoms with E-state index in [2.05, 4.69) is 10.4 Å². The first-order chi connectivity index (χ1) is 11.4. The van der Waals surface area contributed by atoms with Gasteiger partial charge in [0, 0.05) is 12.7 Å². The van der Waals surface area contributed by atoms with Gasteiger partial charge in [0.15, 0.2) is 0 Å². The molecule has 0 atom stereocenters. The molecular formula is C17H21N3O4. The first kappa shape index (κ1) is 17.5. The molecular weight excluding hydrogens is 310 g/mol. The van der Waals surface area contributed by atoms with Crippen LogP contribution in [0.5, 0.6) is 11.5 Å². The summed E-state index contributed by atoms with van der Waals surface area (Å²) in [5.41, 5.74) is 1.57. The minimum absolute atomic E-state index is 0.231. The average molecular weight is 331 g/mol. The zero-order chi connectivity index (χ0) is 17.7. The van der Waals surface area contributed by atoms with Crippen molar-refractivity contribution in [3.63, 3.8) is 0 Å². The van der Waals surface area contributed by atoms with Crippen LogP contribution in [-0.2, 0) is 11.8 Å². The number of methoxy groups -OCH3 is 1. The van der Waals surface area contributed by atoms with Crippen LogP contribution in [0.2, 0.25) is 0 Å². The number of ether oxygens (including phenoxy) is 2. The Morgan fingerprint density at radius 1 is 1.17 bits per heavy atom. The van der Waals surface area contributed by atoms with E-state index < -0.39 is 11.7 Å². The third-order valence-corrected chi connectivity index (χ3v) is 3.66. The normalized spacial score (nSPS) is 10.3. The highest BCUT2D eigenvalue weighted by Gasteiger charge is 2.23. The van der Waals surface area contributed by atoms with E-state index in [1.807, 2.05) is 0 Å². The van der Waals surface area contributed by atoms with Crippen molar-refractivity contribution in [2.75, 3.05) is 20.3 Å². The molecule has 0 aliphatic heterocycles. The number of nitrogens with zero attached hydrogens (tertiary/aromatic N) is 2. The molecule has 7 heteroatoms. The highest BCUT2D eigenvalue weighted by molar-refractivity contribution is 6.43. The van der Waals surface area contributed by atoms with Crippen LogP contribution in [0.1, 0.15) is 21.7 Å². The number of hydrogen-bond acceptors (Lipinski definition) is 5. The van der Waals surface area contributed by atoms with Crippen LogP contribution < -0.4 is 14.8 Å². The van der Waals surface area contributed by atoms with Crippen molar-refractivity contribution < 1.29 is 19.1 Å². The van der Waals surface area contributed by atoms with Gasteiger partial charge in [-0.3, -0.25) is 14.3 Å². The van der Waals surface area contributed by atoms with Crippen molar-refractivity contribution in [3.05, 3.63) is 41.2 Å². The number of ketones is 1. The molecule has 0 fully saturated rings. The number of carbonyl (C=O) groups is 2. The number of rotatable bonds is 7. The number of Topliss-reactive ketones (excluding diaryl/α,β-unsaturated/α-hetero) is 1. The monoisotopic (exact) mass is 331 g/mol. The van der Waals surface area contributed by atoms with Gasteiger partial charge in [0.05, 0.1) is 24.9 Å². The topological polar surface area (TPSA) is 82.4 Å². The van der Waals surface area contributed by atoms with E-state index in [4.69, 9.17) is 9.47 Å². The molecule has 2 rings (SSSR count). The van der Waals surface area contributed by atoms with E-state index in [0.29, 0.717) is 22.7 Å². The quantitative estimate of drug-likeness (QED) is 0.471. The second-order valence-electron chi connectivity index (χ2n) is 5.28. The van der Waals surface area contributed by atoms with Gasteiger partial charge in [0.2, 0.25) is 0 Å². The molecule has 1 N–H and O–H groups in total. The molecule has 128 valence electrons. The zero-order valence-corrected chi connectivity index (χ0v) is 14.3. The Morgan fingerprint density at radius 3 is 2.33 bits per heavy atom. The van der Waals surface area contributed by atoms with Crippen LogP contribution >= 0.6 is 0 Å². The Kier molecular flexibility index (Phi) is 5.57. The minimum atomic E-state index is -0.660. The molecule has 7 nitrogen and oxygen atoms in total. The molecule has 0 aliphatic rings. The predicted molar refractivity (Wildman–Crippen MR) is 88.5 cm³/mol. The highest BCUT2D eigenvalue weighted by atomic mass is 16.5. The third-order valence-electron chi connectivity index (χ3n) is 3.66. The third kappa shape index (κ3) is 3.92. The molecule has 1 amide bonds. The average Bonchev–Trinajstić information content (AvgIpc) is 2.83. The van der Waals surface area contributed by atoms with Crippen molar-refractivity contribution in [2.45, 2.75) is 13.8 Å². The Labute approximate surface area is 140 Å². The molecule has 1 aromatic carbocycles. The lowest BCUT2D eigenvalue weighted by atomic mass is 10.1. The number of benzene rings is 1. The summed E-state index contributed by atoms with van der Waals surface area (Å²) in [4.78, 5) is 24.2.